The van der Waals surface area contributed by atoms with Crippen molar-refractivity contribution in [1.82, 2.24) is 0 Å². The van der Waals surface area contributed by atoms with Gasteiger partial charge in [0.25, 0.3) is 25.6 Å². The highest BCUT2D eigenvalue weighted by atomic mass is 32.2. The number of para-hydroxylation sites is 2. The van der Waals surface area contributed by atoms with Gasteiger partial charge in [-0.1, -0.05) is 71.8 Å². The van der Waals surface area contributed by atoms with Crippen molar-refractivity contribution in [2.45, 2.75) is 41.3 Å². The first-order valence-corrected chi connectivity index (χ1v) is 16.0. The molecule has 2 heterocycles. The van der Waals surface area contributed by atoms with Crippen molar-refractivity contribution in [3.63, 3.8) is 0 Å². The van der Waals surface area contributed by atoms with Gasteiger partial charge in [-0.15, -0.1) is 6.58 Å². The van der Waals surface area contributed by atoms with Crippen molar-refractivity contribution in [3.8, 4) is 0 Å². The van der Waals surface area contributed by atoms with Crippen molar-refractivity contribution < 1.29 is 21.8 Å². The van der Waals surface area contributed by atoms with Crippen LogP contribution in [-0.4, -0.2) is 27.9 Å². The summed E-state index contributed by atoms with van der Waals surface area (Å²) in [6.07, 6.45) is -0.427. The lowest BCUT2D eigenvalue weighted by molar-refractivity contribution is -0.584. The van der Waals surface area contributed by atoms with E-state index in [1.54, 1.807) is 60.7 Å². The third-order valence-corrected chi connectivity index (χ3v) is 11.7. The molecular formula is C31H27N3O6S2. The summed E-state index contributed by atoms with van der Waals surface area (Å²) in [6, 6.07) is 24.8. The van der Waals surface area contributed by atoms with E-state index in [4.69, 9.17) is 0 Å². The van der Waals surface area contributed by atoms with Crippen LogP contribution >= 0.6 is 0 Å². The molecule has 0 aliphatic carbocycles. The molecule has 0 bridgehead atoms. The van der Waals surface area contributed by atoms with Gasteiger partial charge < -0.3 is 0 Å². The van der Waals surface area contributed by atoms with E-state index in [9.17, 15) is 26.9 Å². The molecule has 2 aliphatic rings. The highest BCUT2D eigenvalue weighted by Gasteiger charge is 2.73. The second kappa shape index (κ2) is 9.53. The average molecular weight is 602 g/mol. The zero-order chi connectivity index (χ0) is 30.0. The third-order valence-electron chi connectivity index (χ3n) is 8.09. The number of hydrogen-bond acceptors (Lipinski definition) is 6. The summed E-state index contributed by atoms with van der Waals surface area (Å²) >= 11 is 0. The van der Waals surface area contributed by atoms with Gasteiger partial charge >= 0.3 is 0 Å². The quantitative estimate of drug-likeness (QED) is 0.164. The first-order chi connectivity index (χ1) is 20.0. The fraction of sp³-hybridized carbons (Fsp3) is 0.161. The fourth-order valence-electron chi connectivity index (χ4n) is 6.16. The number of aryl methyl sites for hydroxylation is 2. The van der Waals surface area contributed by atoms with Crippen molar-refractivity contribution in [1.29, 1.82) is 0 Å². The molecule has 11 heteroatoms. The zero-order valence-corrected chi connectivity index (χ0v) is 24.4. The summed E-state index contributed by atoms with van der Waals surface area (Å²) in [4.78, 5) is 12.7. The lowest BCUT2D eigenvalue weighted by Gasteiger charge is -2.47. The second-order valence-corrected chi connectivity index (χ2v) is 14.1. The lowest BCUT2D eigenvalue weighted by Crippen LogP contribution is -2.66. The number of nitro groups is 1. The fourth-order valence-corrected chi connectivity index (χ4v) is 9.51. The van der Waals surface area contributed by atoms with Crippen LogP contribution in [0.2, 0.25) is 0 Å². The predicted octanol–water partition coefficient (Wildman–Crippen LogP) is 5.49. The van der Waals surface area contributed by atoms with Crippen LogP contribution < -0.4 is 8.61 Å². The highest BCUT2D eigenvalue weighted by molar-refractivity contribution is 7.94. The Balaban J connectivity index is 1.76. The SMILES string of the molecule is C=C[C@H]1c2ccccc2N(S(=O)(=O)c2ccc(C)cc2)[C@H]2N(S(=O)(=O)c3ccc(C)cc3)c3ccccc3[C@]21[N+](=O)[O-]. The van der Waals surface area contributed by atoms with Crippen molar-refractivity contribution in [3.05, 3.63) is 142 Å². The van der Waals surface area contributed by atoms with Gasteiger partial charge in [-0.05, 0) is 61.9 Å². The molecule has 0 saturated carbocycles. The highest BCUT2D eigenvalue weighted by Crippen LogP contribution is 2.61. The molecule has 0 saturated heterocycles. The molecule has 4 aromatic rings. The summed E-state index contributed by atoms with van der Waals surface area (Å²) in [7, 11) is -9.10. The van der Waals surface area contributed by atoms with Crippen LogP contribution in [0.4, 0.5) is 11.4 Å². The second-order valence-electron chi connectivity index (χ2n) is 10.5. The molecule has 2 aliphatic heterocycles. The Labute approximate surface area is 244 Å². The number of rotatable bonds is 6. The minimum atomic E-state index is -4.56. The molecule has 42 heavy (non-hydrogen) atoms. The van der Waals surface area contributed by atoms with Gasteiger partial charge in [-0.2, -0.15) is 0 Å². The molecule has 214 valence electrons. The van der Waals surface area contributed by atoms with E-state index in [1.807, 2.05) is 13.8 Å². The first-order valence-electron chi connectivity index (χ1n) is 13.1. The predicted molar refractivity (Wildman–Crippen MR) is 160 cm³/mol. The van der Waals surface area contributed by atoms with Crippen LogP contribution in [0.1, 0.15) is 28.2 Å². The molecule has 0 fully saturated rings. The Morgan fingerprint density at radius 1 is 0.738 bits per heavy atom. The lowest BCUT2D eigenvalue weighted by atomic mass is 9.71. The molecule has 0 N–H and O–H groups in total. The van der Waals surface area contributed by atoms with Crippen LogP contribution in [0.25, 0.3) is 0 Å². The van der Waals surface area contributed by atoms with Crippen LogP contribution in [0.3, 0.4) is 0 Å². The molecular weight excluding hydrogens is 574 g/mol. The van der Waals surface area contributed by atoms with Gasteiger partial charge in [0.1, 0.15) is 0 Å². The topological polar surface area (TPSA) is 118 Å². The van der Waals surface area contributed by atoms with Gasteiger partial charge in [-0.3, -0.25) is 10.1 Å². The van der Waals surface area contributed by atoms with Crippen LogP contribution in [0.15, 0.2) is 120 Å². The molecule has 4 aromatic carbocycles. The zero-order valence-electron chi connectivity index (χ0n) is 22.8. The van der Waals surface area contributed by atoms with E-state index in [-0.39, 0.29) is 26.7 Å². The third kappa shape index (κ3) is 3.66. The Bertz CT molecular complexity index is 1960. The van der Waals surface area contributed by atoms with Gasteiger partial charge in [0.15, 0.2) is 0 Å². The smallest absolute Gasteiger partial charge is 0.263 e. The Morgan fingerprint density at radius 3 is 1.69 bits per heavy atom. The van der Waals surface area contributed by atoms with Gasteiger partial charge in [0, 0.05) is 4.92 Å². The number of anilines is 2. The summed E-state index contributed by atoms with van der Waals surface area (Å²) < 4.78 is 60.2. The number of hydrogen-bond donors (Lipinski definition) is 0. The van der Waals surface area contributed by atoms with E-state index >= 15 is 0 Å². The Morgan fingerprint density at radius 2 is 1.19 bits per heavy atom. The number of sulfonamides is 2. The summed E-state index contributed by atoms with van der Waals surface area (Å²) in [6.45, 7) is 7.53. The molecule has 0 amide bonds. The number of nitrogens with zero attached hydrogens (tertiary/aromatic N) is 3. The van der Waals surface area contributed by atoms with Gasteiger partial charge in [0.05, 0.1) is 32.6 Å². The summed E-state index contributed by atoms with van der Waals surface area (Å²) in [5, 5.41) is 13.5. The minimum absolute atomic E-state index is 0.0311. The molecule has 0 spiro atoms. The minimum Gasteiger partial charge on any atom is -0.263 e. The number of benzene rings is 4. The van der Waals surface area contributed by atoms with Gasteiger partial charge in [-0.25, -0.2) is 25.4 Å². The van der Waals surface area contributed by atoms with Crippen molar-refractivity contribution in [2.75, 3.05) is 8.61 Å². The maximum absolute atomic E-state index is 14.6. The maximum Gasteiger partial charge on any atom is 0.299 e. The van der Waals surface area contributed by atoms with Crippen LogP contribution in [-0.2, 0) is 25.6 Å². The summed E-state index contributed by atoms with van der Waals surface area (Å²) in [5.41, 5.74) is -0.0264. The molecule has 0 aromatic heterocycles. The molecule has 0 radical (unpaired) electrons. The largest absolute Gasteiger partial charge is 0.299 e. The van der Waals surface area contributed by atoms with Crippen molar-refractivity contribution in [2.24, 2.45) is 0 Å². The molecule has 3 atom stereocenters. The monoisotopic (exact) mass is 601 g/mol. The molecule has 6 rings (SSSR count). The summed E-state index contributed by atoms with van der Waals surface area (Å²) in [5.74, 6) is -1.07. The van der Waals surface area contributed by atoms with Crippen molar-refractivity contribution >= 4 is 31.4 Å². The molecule has 0 unspecified atom stereocenters. The van der Waals surface area contributed by atoms with Crippen LogP contribution in [0.5, 0.6) is 0 Å². The normalized spacial score (nSPS) is 21.3. The van der Waals surface area contributed by atoms with E-state index < -0.39 is 42.6 Å². The number of fused-ring (bicyclic) bond motifs is 4. The van der Waals surface area contributed by atoms with Gasteiger partial charge in [0.2, 0.25) is 6.17 Å². The van der Waals surface area contributed by atoms with E-state index in [0.29, 0.717) is 5.56 Å². The Hall–Kier alpha value is -4.48. The Kier molecular flexibility index (Phi) is 6.28. The first kappa shape index (κ1) is 27.7. The van der Waals surface area contributed by atoms with Crippen LogP contribution in [0, 0.1) is 24.0 Å². The standard InChI is InChI=1S/C31H27N3O6S2/c1-4-26-25-9-5-7-11-28(25)32(41(37,38)23-17-13-21(2)14-18-23)30-31(26,34(35)36)27-10-6-8-12-29(27)33(30)42(39,40)24-19-15-22(3)16-20-24/h4-20,26,30H,1H2,2-3H3/t26-,30-,31-/m0/s1. The van der Waals surface area contributed by atoms with E-state index in [1.165, 1.54) is 42.5 Å². The average Bonchev–Trinajstić information content (AvgIpc) is 3.28. The molecule has 9 nitrogen and oxygen atoms in total. The van der Waals surface area contributed by atoms with E-state index in [2.05, 4.69) is 6.58 Å². The van der Waals surface area contributed by atoms with E-state index in [0.717, 1.165) is 19.7 Å². The maximum atomic E-state index is 14.6.